The van der Waals surface area contributed by atoms with Gasteiger partial charge < -0.3 is 11.1 Å². The summed E-state index contributed by atoms with van der Waals surface area (Å²) in [6.45, 7) is 5.41. The summed E-state index contributed by atoms with van der Waals surface area (Å²) in [4.78, 5) is 11.4. The van der Waals surface area contributed by atoms with E-state index in [0.29, 0.717) is 25.4 Å². The zero-order valence-corrected chi connectivity index (χ0v) is 11.9. The maximum absolute atomic E-state index is 11.4. The van der Waals surface area contributed by atoms with Gasteiger partial charge in [0, 0.05) is 19.5 Å². The predicted octanol–water partition coefficient (Wildman–Crippen LogP) is 2.24. The van der Waals surface area contributed by atoms with E-state index < -0.39 is 0 Å². The van der Waals surface area contributed by atoms with Gasteiger partial charge in [-0.05, 0) is 23.5 Å². The number of nitrogens with two attached hydrogens (primary N) is 1. The molecule has 0 unspecified atom stereocenters. The first-order valence-electron chi connectivity index (χ1n) is 6.19. The fourth-order valence-corrected chi connectivity index (χ4v) is 1.63. The van der Waals surface area contributed by atoms with Crippen molar-refractivity contribution in [1.29, 1.82) is 0 Å². The Labute approximate surface area is 116 Å². The number of halogens is 1. The van der Waals surface area contributed by atoms with E-state index in [2.05, 4.69) is 43.4 Å². The summed E-state index contributed by atoms with van der Waals surface area (Å²) in [5.41, 5.74) is 7.85. The van der Waals surface area contributed by atoms with Gasteiger partial charge in [0.1, 0.15) is 0 Å². The van der Waals surface area contributed by atoms with E-state index >= 15 is 0 Å². The van der Waals surface area contributed by atoms with Crippen LogP contribution >= 0.6 is 12.4 Å². The normalized spacial score (nSPS) is 10.0. The molecule has 4 heteroatoms. The van der Waals surface area contributed by atoms with E-state index in [1.807, 2.05) is 0 Å². The number of nitrogens with one attached hydrogen (secondary N) is 1. The van der Waals surface area contributed by atoms with E-state index in [0.717, 1.165) is 6.42 Å². The first kappa shape index (κ1) is 16.9. The molecule has 102 valence electrons. The van der Waals surface area contributed by atoms with E-state index in [1.165, 1.54) is 11.1 Å². The number of aryl methyl sites for hydroxylation is 1. The summed E-state index contributed by atoms with van der Waals surface area (Å²) in [7, 11) is 0. The summed E-state index contributed by atoms with van der Waals surface area (Å²) in [6.07, 6.45) is 1.32. The fourth-order valence-electron chi connectivity index (χ4n) is 1.63. The van der Waals surface area contributed by atoms with Gasteiger partial charge in [-0.2, -0.15) is 0 Å². The predicted molar refractivity (Wildman–Crippen MR) is 78.2 cm³/mol. The molecule has 0 aliphatic rings. The van der Waals surface area contributed by atoms with Crippen LogP contribution < -0.4 is 11.1 Å². The van der Waals surface area contributed by atoms with Gasteiger partial charge in [-0.15, -0.1) is 12.4 Å². The Morgan fingerprint density at radius 3 is 2.39 bits per heavy atom. The third-order valence-corrected chi connectivity index (χ3v) is 2.75. The Morgan fingerprint density at radius 1 is 1.28 bits per heavy atom. The van der Waals surface area contributed by atoms with Gasteiger partial charge in [-0.1, -0.05) is 38.1 Å². The standard InChI is InChI=1S/C14H22N2O.ClH/c1-11(2)13-6-3-12(4-7-13)5-8-14(17)16-10-9-15;/h3-4,6-7,11H,5,8-10,15H2,1-2H3,(H,16,17);1H. The molecule has 1 aromatic carbocycles. The lowest BCUT2D eigenvalue weighted by Crippen LogP contribution is -2.29. The average molecular weight is 271 g/mol. The van der Waals surface area contributed by atoms with Crippen molar-refractivity contribution in [2.75, 3.05) is 13.1 Å². The van der Waals surface area contributed by atoms with Crippen molar-refractivity contribution >= 4 is 18.3 Å². The average Bonchev–Trinajstić information content (AvgIpc) is 2.34. The van der Waals surface area contributed by atoms with Gasteiger partial charge in [0.15, 0.2) is 0 Å². The quantitative estimate of drug-likeness (QED) is 0.833. The van der Waals surface area contributed by atoms with E-state index in [1.54, 1.807) is 0 Å². The van der Waals surface area contributed by atoms with Crippen molar-refractivity contribution in [3.63, 3.8) is 0 Å². The van der Waals surface area contributed by atoms with Crippen molar-refractivity contribution in [1.82, 2.24) is 5.32 Å². The van der Waals surface area contributed by atoms with Crippen LogP contribution in [0.5, 0.6) is 0 Å². The fraction of sp³-hybridized carbons (Fsp3) is 0.500. The van der Waals surface area contributed by atoms with Crippen LogP contribution in [0.4, 0.5) is 0 Å². The molecule has 3 N–H and O–H groups in total. The SMILES string of the molecule is CC(C)c1ccc(CCC(=O)NCCN)cc1.Cl. The number of carbonyl (C=O) groups is 1. The third-order valence-electron chi connectivity index (χ3n) is 2.75. The second-order valence-electron chi connectivity index (χ2n) is 4.53. The summed E-state index contributed by atoms with van der Waals surface area (Å²) < 4.78 is 0. The molecule has 3 nitrogen and oxygen atoms in total. The van der Waals surface area contributed by atoms with E-state index in [-0.39, 0.29) is 18.3 Å². The van der Waals surface area contributed by atoms with Crippen LogP contribution in [0, 0.1) is 0 Å². The number of hydrogen-bond acceptors (Lipinski definition) is 2. The molecule has 0 spiro atoms. The van der Waals surface area contributed by atoms with Crippen LogP contribution in [0.15, 0.2) is 24.3 Å². The van der Waals surface area contributed by atoms with Gasteiger partial charge >= 0.3 is 0 Å². The highest BCUT2D eigenvalue weighted by Crippen LogP contribution is 2.15. The first-order chi connectivity index (χ1) is 8.13. The molecule has 18 heavy (non-hydrogen) atoms. The van der Waals surface area contributed by atoms with E-state index in [4.69, 9.17) is 5.73 Å². The zero-order chi connectivity index (χ0) is 12.7. The van der Waals surface area contributed by atoms with Crippen LogP contribution in [0.3, 0.4) is 0 Å². The highest BCUT2D eigenvalue weighted by atomic mass is 35.5. The summed E-state index contributed by atoms with van der Waals surface area (Å²) in [5, 5.41) is 2.77. The molecular weight excluding hydrogens is 248 g/mol. The Balaban J connectivity index is 0.00000289. The monoisotopic (exact) mass is 270 g/mol. The zero-order valence-electron chi connectivity index (χ0n) is 11.1. The molecule has 0 aliphatic heterocycles. The van der Waals surface area contributed by atoms with Crippen LogP contribution in [0.2, 0.25) is 0 Å². The number of hydrogen-bond donors (Lipinski definition) is 2. The molecule has 1 aromatic rings. The Hall–Kier alpha value is -1.06. The molecule has 0 heterocycles. The third kappa shape index (κ3) is 6.03. The minimum atomic E-state index is 0. The lowest BCUT2D eigenvalue weighted by Gasteiger charge is -2.07. The molecule has 0 aliphatic carbocycles. The Morgan fingerprint density at radius 2 is 1.89 bits per heavy atom. The molecule has 0 radical (unpaired) electrons. The lowest BCUT2D eigenvalue weighted by molar-refractivity contribution is -0.120. The number of amides is 1. The maximum atomic E-state index is 11.4. The van der Waals surface area contributed by atoms with Crippen molar-refractivity contribution in [2.24, 2.45) is 5.73 Å². The highest BCUT2D eigenvalue weighted by molar-refractivity contribution is 5.85. The Kier molecular flexibility index (Phi) is 8.42. The summed E-state index contributed by atoms with van der Waals surface area (Å²) in [6, 6.07) is 8.48. The molecular formula is C14H23ClN2O. The largest absolute Gasteiger partial charge is 0.355 e. The molecule has 0 saturated carbocycles. The van der Waals surface area contributed by atoms with Gasteiger partial charge in [-0.25, -0.2) is 0 Å². The molecule has 0 saturated heterocycles. The molecule has 1 amide bonds. The topological polar surface area (TPSA) is 55.1 Å². The van der Waals surface area contributed by atoms with E-state index in [9.17, 15) is 4.79 Å². The van der Waals surface area contributed by atoms with Gasteiger partial charge in [0.05, 0.1) is 0 Å². The molecule has 0 aromatic heterocycles. The number of carbonyl (C=O) groups excluding carboxylic acids is 1. The summed E-state index contributed by atoms with van der Waals surface area (Å²) >= 11 is 0. The van der Waals surface area contributed by atoms with Crippen molar-refractivity contribution in [3.05, 3.63) is 35.4 Å². The number of rotatable bonds is 6. The second-order valence-corrected chi connectivity index (χ2v) is 4.53. The number of benzene rings is 1. The second kappa shape index (κ2) is 8.95. The Bertz CT molecular complexity index is 349. The van der Waals surface area contributed by atoms with Crippen molar-refractivity contribution < 1.29 is 4.79 Å². The van der Waals surface area contributed by atoms with Crippen LogP contribution in [-0.4, -0.2) is 19.0 Å². The molecule has 1 rings (SSSR count). The van der Waals surface area contributed by atoms with Crippen LogP contribution in [0.1, 0.15) is 37.3 Å². The minimum absolute atomic E-state index is 0. The smallest absolute Gasteiger partial charge is 0.220 e. The van der Waals surface area contributed by atoms with Crippen LogP contribution in [-0.2, 0) is 11.2 Å². The van der Waals surface area contributed by atoms with Crippen LogP contribution in [0.25, 0.3) is 0 Å². The highest BCUT2D eigenvalue weighted by Gasteiger charge is 2.02. The summed E-state index contributed by atoms with van der Waals surface area (Å²) in [5.74, 6) is 0.625. The first-order valence-corrected chi connectivity index (χ1v) is 6.19. The van der Waals surface area contributed by atoms with Crippen molar-refractivity contribution in [3.8, 4) is 0 Å². The van der Waals surface area contributed by atoms with Gasteiger partial charge in [0.25, 0.3) is 0 Å². The van der Waals surface area contributed by atoms with Crippen molar-refractivity contribution in [2.45, 2.75) is 32.6 Å². The minimum Gasteiger partial charge on any atom is -0.355 e. The van der Waals surface area contributed by atoms with Gasteiger partial charge in [-0.3, -0.25) is 4.79 Å². The lowest BCUT2D eigenvalue weighted by atomic mass is 10.0. The van der Waals surface area contributed by atoms with Gasteiger partial charge in [0.2, 0.25) is 5.91 Å². The molecule has 0 fully saturated rings. The molecule has 0 atom stereocenters. The maximum Gasteiger partial charge on any atom is 0.220 e. The molecule has 0 bridgehead atoms.